The van der Waals surface area contributed by atoms with Gasteiger partial charge in [-0.15, -0.1) is 11.3 Å². The van der Waals surface area contributed by atoms with Gasteiger partial charge in [0.25, 0.3) is 0 Å². The van der Waals surface area contributed by atoms with E-state index in [4.69, 9.17) is 0 Å². The highest BCUT2D eigenvalue weighted by atomic mass is 32.1. The Balaban J connectivity index is 1.87. The van der Waals surface area contributed by atoms with Crippen LogP contribution < -0.4 is 5.32 Å². The zero-order chi connectivity index (χ0) is 13.4. The number of hydrogen-bond donors (Lipinski definition) is 1. The third-order valence-electron chi connectivity index (χ3n) is 3.30. The molecule has 100 valence electrons. The molecule has 1 N–H and O–H groups in total. The van der Waals surface area contributed by atoms with Crippen LogP contribution in [-0.4, -0.2) is 26.2 Å². The second kappa shape index (κ2) is 4.79. The zero-order valence-electron chi connectivity index (χ0n) is 11.3. The van der Waals surface area contributed by atoms with Crippen molar-refractivity contribution in [1.29, 1.82) is 0 Å². The van der Waals surface area contributed by atoms with Gasteiger partial charge in [-0.05, 0) is 20.0 Å². The smallest absolute Gasteiger partial charge is 0.193 e. The fourth-order valence-electron chi connectivity index (χ4n) is 2.39. The molecule has 5 nitrogen and oxygen atoms in total. The molecule has 3 heterocycles. The molecule has 0 saturated carbocycles. The van der Waals surface area contributed by atoms with Crippen LogP contribution >= 0.6 is 11.3 Å². The first-order chi connectivity index (χ1) is 9.17. The number of nitrogens with one attached hydrogen (secondary N) is 1. The number of nitrogens with zero attached hydrogens (tertiary/aromatic N) is 4. The number of hydrogen-bond acceptors (Lipinski definition) is 4. The molecule has 0 aliphatic carbocycles. The van der Waals surface area contributed by atoms with Gasteiger partial charge in [-0.25, -0.2) is 4.98 Å². The van der Waals surface area contributed by atoms with E-state index < -0.39 is 0 Å². The Bertz CT molecular complexity index is 664. The quantitative estimate of drug-likeness (QED) is 0.791. The van der Waals surface area contributed by atoms with Gasteiger partial charge in [0.05, 0.1) is 23.1 Å². The van der Waals surface area contributed by atoms with Crippen molar-refractivity contribution >= 4 is 16.3 Å². The summed E-state index contributed by atoms with van der Waals surface area (Å²) in [6.07, 6.45) is 5.00. The minimum absolute atomic E-state index is 0.232. The van der Waals surface area contributed by atoms with Gasteiger partial charge in [-0.2, -0.15) is 5.10 Å². The van der Waals surface area contributed by atoms with Crippen molar-refractivity contribution < 1.29 is 0 Å². The first kappa shape index (κ1) is 12.4. The summed E-state index contributed by atoms with van der Waals surface area (Å²) < 4.78 is 4.01. The van der Waals surface area contributed by atoms with Gasteiger partial charge in [0.1, 0.15) is 0 Å². The Morgan fingerprint density at radius 1 is 1.47 bits per heavy atom. The van der Waals surface area contributed by atoms with E-state index in [2.05, 4.69) is 32.1 Å². The number of likely N-dealkylation sites (N-methyl/N-ethyl adjacent to an activating group) is 1. The Kier molecular flexibility index (Phi) is 3.12. The number of thiazole rings is 1. The van der Waals surface area contributed by atoms with Crippen LogP contribution in [0.5, 0.6) is 0 Å². The van der Waals surface area contributed by atoms with Crippen LogP contribution in [0.3, 0.4) is 0 Å². The number of fused-ring (bicyclic) bond motifs is 1. The van der Waals surface area contributed by atoms with Gasteiger partial charge in [0.2, 0.25) is 0 Å². The van der Waals surface area contributed by atoms with E-state index in [1.54, 1.807) is 11.3 Å². The molecule has 0 aliphatic rings. The van der Waals surface area contributed by atoms with Gasteiger partial charge >= 0.3 is 0 Å². The molecule has 0 fully saturated rings. The second-order valence-corrected chi connectivity index (χ2v) is 5.58. The summed E-state index contributed by atoms with van der Waals surface area (Å²) in [6.45, 7) is 2.02. The molecular formula is C13H17N5S. The fraction of sp³-hybridized carbons (Fsp3) is 0.385. The average Bonchev–Trinajstić information content (AvgIpc) is 3.00. The van der Waals surface area contributed by atoms with Crippen molar-refractivity contribution in [2.45, 2.75) is 19.4 Å². The van der Waals surface area contributed by atoms with E-state index in [1.165, 1.54) is 5.69 Å². The van der Waals surface area contributed by atoms with Crippen molar-refractivity contribution in [3.05, 3.63) is 40.9 Å². The fourth-order valence-corrected chi connectivity index (χ4v) is 3.11. The Morgan fingerprint density at radius 3 is 2.95 bits per heavy atom. The van der Waals surface area contributed by atoms with E-state index in [0.717, 1.165) is 22.8 Å². The second-order valence-electron chi connectivity index (χ2n) is 4.70. The molecule has 3 rings (SSSR count). The maximum Gasteiger partial charge on any atom is 0.193 e. The van der Waals surface area contributed by atoms with Crippen molar-refractivity contribution in [3.63, 3.8) is 0 Å². The summed E-state index contributed by atoms with van der Waals surface area (Å²) in [5.74, 6) is 0. The average molecular weight is 275 g/mol. The van der Waals surface area contributed by atoms with Crippen molar-refractivity contribution in [2.24, 2.45) is 7.05 Å². The molecule has 0 aromatic carbocycles. The van der Waals surface area contributed by atoms with Crippen LogP contribution in [0.1, 0.15) is 23.1 Å². The summed E-state index contributed by atoms with van der Waals surface area (Å²) in [7, 11) is 3.96. The third-order valence-corrected chi connectivity index (χ3v) is 4.07. The van der Waals surface area contributed by atoms with Crippen LogP contribution in [0.4, 0.5) is 0 Å². The molecule has 0 amide bonds. The minimum atomic E-state index is 0.232. The lowest BCUT2D eigenvalue weighted by Gasteiger charge is -2.15. The predicted molar refractivity (Wildman–Crippen MR) is 76.5 cm³/mol. The highest BCUT2D eigenvalue weighted by molar-refractivity contribution is 7.15. The maximum absolute atomic E-state index is 4.63. The molecule has 1 unspecified atom stereocenters. The lowest BCUT2D eigenvalue weighted by Crippen LogP contribution is -2.21. The molecule has 0 radical (unpaired) electrons. The molecule has 0 spiro atoms. The monoisotopic (exact) mass is 275 g/mol. The highest BCUT2D eigenvalue weighted by Crippen LogP contribution is 2.20. The van der Waals surface area contributed by atoms with Crippen LogP contribution in [0.25, 0.3) is 4.96 Å². The van der Waals surface area contributed by atoms with Gasteiger partial charge in [-0.3, -0.25) is 9.08 Å². The van der Waals surface area contributed by atoms with E-state index in [9.17, 15) is 0 Å². The molecule has 0 bridgehead atoms. The molecule has 6 heteroatoms. The van der Waals surface area contributed by atoms with Gasteiger partial charge in [-0.1, -0.05) is 0 Å². The van der Waals surface area contributed by atoms with Crippen LogP contribution in [0.15, 0.2) is 23.8 Å². The van der Waals surface area contributed by atoms with E-state index >= 15 is 0 Å². The van der Waals surface area contributed by atoms with E-state index in [1.807, 2.05) is 37.3 Å². The Morgan fingerprint density at radius 2 is 2.32 bits per heavy atom. The molecule has 19 heavy (non-hydrogen) atoms. The molecule has 0 aliphatic heterocycles. The Labute approximate surface area is 115 Å². The van der Waals surface area contributed by atoms with Crippen LogP contribution in [0.2, 0.25) is 0 Å². The number of rotatable bonds is 4. The molecule has 3 aromatic heterocycles. The standard InChI is InChI=1S/C13H17N5S/c1-9-6-12(17(3)16-9)11(14-2)7-10-8-18-4-5-19-13(18)15-10/h4-6,8,11,14H,7H2,1-3H3. The normalized spacial score (nSPS) is 13.2. The molecular weight excluding hydrogens is 258 g/mol. The lowest BCUT2D eigenvalue weighted by molar-refractivity contribution is 0.533. The summed E-state index contributed by atoms with van der Waals surface area (Å²) in [6, 6.07) is 2.36. The van der Waals surface area contributed by atoms with E-state index in [-0.39, 0.29) is 6.04 Å². The summed E-state index contributed by atoms with van der Waals surface area (Å²) >= 11 is 1.66. The zero-order valence-corrected chi connectivity index (χ0v) is 12.1. The van der Waals surface area contributed by atoms with Gasteiger partial charge < -0.3 is 5.32 Å². The van der Waals surface area contributed by atoms with Gasteiger partial charge in [0, 0.05) is 31.2 Å². The predicted octanol–water partition coefficient (Wildman–Crippen LogP) is 1.94. The summed E-state index contributed by atoms with van der Waals surface area (Å²) in [5, 5.41) is 9.81. The maximum atomic E-state index is 4.63. The van der Waals surface area contributed by atoms with Crippen LogP contribution in [0, 0.1) is 6.92 Å². The number of aromatic nitrogens is 4. The summed E-state index contributed by atoms with van der Waals surface area (Å²) in [5.41, 5.74) is 3.34. The minimum Gasteiger partial charge on any atom is -0.311 e. The topological polar surface area (TPSA) is 47.1 Å². The van der Waals surface area contributed by atoms with E-state index in [0.29, 0.717) is 0 Å². The Hall–Kier alpha value is -1.66. The number of imidazole rings is 1. The summed E-state index contributed by atoms with van der Waals surface area (Å²) in [4.78, 5) is 5.68. The molecule has 3 aromatic rings. The first-order valence-corrected chi connectivity index (χ1v) is 7.14. The third kappa shape index (κ3) is 2.29. The number of aryl methyl sites for hydroxylation is 2. The lowest BCUT2D eigenvalue weighted by atomic mass is 10.1. The highest BCUT2D eigenvalue weighted by Gasteiger charge is 2.16. The van der Waals surface area contributed by atoms with Crippen molar-refractivity contribution in [2.75, 3.05) is 7.05 Å². The van der Waals surface area contributed by atoms with Crippen LogP contribution in [-0.2, 0) is 13.5 Å². The first-order valence-electron chi connectivity index (χ1n) is 6.26. The largest absolute Gasteiger partial charge is 0.311 e. The molecule has 0 saturated heterocycles. The van der Waals surface area contributed by atoms with Crippen molar-refractivity contribution in [3.8, 4) is 0 Å². The SMILES string of the molecule is CNC(Cc1cn2ccsc2n1)c1cc(C)nn1C. The molecule has 1 atom stereocenters. The van der Waals surface area contributed by atoms with Crippen molar-refractivity contribution in [1.82, 2.24) is 24.5 Å². The van der Waals surface area contributed by atoms with Gasteiger partial charge in [0.15, 0.2) is 4.96 Å².